The van der Waals surface area contributed by atoms with E-state index in [0.717, 1.165) is 44.2 Å². The molecule has 0 atom stereocenters. The Balaban J connectivity index is 1.29. The standard InChI is InChI=1S/C20H24N6/c1-2-15-11-21-20(22-12-15)25-9-7-24(8-10-25)17-5-6-19-23-18(16-3-4-16)14-26(19)13-17/h5-6,11-14,16H,2-4,7-10H2,1H3. The van der Waals surface area contributed by atoms with Crippen molar-refractivity contribution in [1.29, 1.82) is 0 Å². The van der Waals surface area contributed by atoms with Crippen LogP contribution < -0.4 is 9.80 Å². The maximum atomic E-state index is 4.75. The fourth-order valence-electron chi connectivity index (χ4n) is 3.62. The molecule has 0 amide bonds. The Kier molecular flexibility index (Phi) is 3.76. The molecule has 1 aliphatic carbocycles. The molecule has 6 nitrogen and oxygen atoms in total. The van der Waals surface area contributed by atoms with Crippen molar-refractivity contribution in [3.63, 3.8) is 0 Å². The number of piperazine rings is 1. The quantitative estimate of drug-likeness (QED) is 0.726. The fourth-order valence-corrected chi connectivity index (χ4v) is 3.62. The highest BCUT2D eigenvalue weighted by Crippen LogP contribution is 2.39. The normalized spacial score (nSPS) is 17.9. The van der Waals surface area contributed by atoms with E-state index in [1.165, 1.54) is 29.8 Å². The summed E-state index contributed by atoms with van der Waals surface area (Å²) in [7, 11) is 0. The monoisotopic (exact) mass is 348 g/mol. The molecule has 4 heterocycles. The van der Waals surface area contributed by atoms with Crippen LogP contribution in [0.2, 0.25) is 0 Å². The molecule has 0 N–H and O–H groups in total. The highest BCUT2D eigenvalue weighted by atomic mass is 15.3. The van der Waals surface area contributed by atoms with Crippen molar-refractivity contribution in [2.75, 3.05) is 36.0 Å². The highest BCUT2D eigenvalue weighted by Gasteiger charge is 2.26. The van der Waals surface area contributed by atoms with Gasteiger partial charge in [0.25, 0.3) is 0 Å². The molecule has 2 fully saturated rings. The summed E-state index contributed by atoms with van der Waals surface area (Å²) in [5.74, 6) is 1.54. The SMILES string of the molecule is CCc1cnc(N2CCN(c3ccc4nc(C5CC5)cn4c3)CC2)nc1. The van der Waals surface area contributed by atoms with Gasteiger partial charge >= 0.3 is 0 Å². The molecule has 26 heavy (non-hydrogen) atoms. The van der Waals surface area contributed by atoms with Crippen LogP contribution in [-0.2, 0) is 6.42 Å². The summed E-state index contributed by atoms with van der Waals surface area (Å²) >= 11 is 0. The van der Waals surface area contributed by atoms with Gasteiger partial charge in [-0.1, -0.05) is 6.92 Å². The molecule has 2 aliphatic rings. The van der Waals surface area contributed by atoms with Crippen LogP contribution in [0.25, 0.3) is 5.65 Å². The molecule has 3 aromatic rings. The van der Waals surface area contributed by atoms with Gasteiger partial charge in [0, 0.05) is 56.9 Å². The van der Waals surface area contributed by atoms with Gasteiger partial charge < -0.3 is 14.2 Å². The third-order valence-electron chi connectivity index (χ3n) is 5.48. The Bertz CT molecular complexity index is 904. The first-order chi connectivity index (χ1) is 12.8. The molecule has 0 unspecified atom stereocenters. The summed E-state index contributed by atoms with van der Waals surface area (Å²) in [5, 5.41) is 0. The number of rotatable bonds is 4. The smallest absolute Gasteiger partial charge is 0.225 e. The number of fused-ring (bicyclic) bond motifs is 1. The lowest BCUT2D eigenvalue weighted by Gasteiger charge is -2.36. The zero-order valence-electron chi connectivity index (χ0n) is 15.2. The lowest BCUT2D eigenvalue weighted by molar-refractivity contribution is 0.638. The minimum absolute atomic E-state index is 0.695. The Labute approximate surface area is 153 Å². The Morgan fingerprint density at radius 1 is 0.962 bits per heavy atom. The molecular weight excluding hydrogens is 324 g/mol. The predicted octanol–water partition coefficient (Wildman–Crippen LogP) is 2.89. The first-order valence-corrected chi connectivity index (χ1v) is 9.59. The van der Waals surface area contributed by atoms with Crippen molar-refractivity contribution in [2.45, 2.75) is 32.1 Å². The third kappa shape index (κ3) is 2.89. The van der Waals surface area contributed by atoms with Gasteiger partial charge in [-0.3, -0.25) is 0 Å². The molecule has 0 bridgehead atoms. The largest absolute Gasteiger partial charge is 0.367 e. The Morgan fingerprint density at radius 3 is 2.38 bits per heavy atom. The molecule has 1 saturated heterocycles. The van der Waals surface area contributed by atoms with Crippen molar-refractivity contribution < 1.29 is 0 Å². The van der Waals surface area contributed by atoms with Crippen molar-refractivity contribution in [2.24, 2.45) is 0 Å². The summed E-state index contributed by atoms with van der Waals surface area (Å²) < 4.78 is 2.18. The summed E-state index contributed by atoms with van der Waals surface area (Å²) in [6.07, 6.45) is 11.9. The molecule has 0 spiro atoms. The van der Waals surface area contributed by atoms with Gasteiger partial charge in [-0.25, -0.2) is 15.0 Å². The molecule has 5 rings (SSSR count). The molecule has 6 heteroatoms. The third-order valence-corrected chi connectivity index (χ3v) is 5.48. The van der Waals surface area contributed by atoms with Gasteiger partial charge in [0.05, 0.1) is 11.4 Å². The molecule has 0 radical (unpaired) electrons. The molecule has 1 saturated carbocycles. The lowest BCUT2D eigenvalue weighted by Crippen LogP contribution is -2.47. The molecule has 3 aromatic heterocycles. The van der Waals surface area contributed by atoms with Gasteiger partial charge in [0.2, 0.25) is 5.95 Å². The number of hydrogen-bond acceptors (Lipinski definition) is 5. The van der Waals surface area contributed by atoms with E-state index in [2.05, 4.69) is 55.6 Å². The van der Waals surface area contributed by atoms with E-state index >= 15 is 0 Å². The van der Waals surface area contributed by atoms with Crippen molar-refractivity contribution in [3.05, 3.63) is 48.2 Å². The summed E-state index contributed by atoms with van der Waals surface area (Å²) in [5.41, 5.74) is 4.75. The van der Waals surface area contributed by atoms with Gasteiger partial charge in [-0.2, -0.15) is 0 Å². The number of nitrogens with zero attached hydrogens (tertiary/aromatic N) is 6. The van der Waals surface area contributed by atoms with E-state index in [0.29, 0.717) is 5.92 Å². The first kappa shape index (κ1) is 15.6. The topological polar surface area (TPSA) is 49.6 Å². The second kappa shape index (κ2) is 6.27. The van der Waals surface area contributed by atoms with Gasteiger partial charge in [0.1, 0.15) is 5.65 Å². The summed E-state index contributed by atoms with van der Waals surface area (Å²) in [6, 6.07) is 4.33. The van der Waals surface area contributed by atoms with E-state index in [9.17, 15) is 0 Å². The predicted molar refractivity (Wildman–Crippen MR) is 103 cm³/mol. The number of anilines is 2. The molecule has 0 aromatic carbocycles. The number of aromatic nitrogens is 4. The van der Waals surface area contributed by atoms with Crippen molar-refractivity contribution >= 4 is 17.3 Å². The number of imidazole rings is 1. The summed E-state index contributed by atoms with van der Waals surface area (Å²) in [6.45, 7) is 5.98. The van der Waals surface area contributed by atoms with Crippen LogP contribution in [0, 0.1) is 0 Å². The van der Waals surface area contributed by atoms with Gasteiger partial charge in [-0.15, -0.1) is 0 Å². The second-order valence-corrected chi connectivity index (χ2v) is 7.31. The van der Waals surface area contributed by atoms with Gasteiger partial charge in [-0.05, 0) is 37.0 Å². The minimum Gasteiger partial charge on any atom is -0.367 e. The van der Waals surface area contributed by atoms with Crippen LogP contribution in [0.1, 0.15) is 36.9 Å². The van der Waals surface area contributed by atoms with Crippen molar-refractivity contribution in [1.82, 2.24) is 19.4 Å². The van der Waals surface area contributed by atoms with Crippen LogP contribution in [0.4, 0.5) is 11.6 Å². The summed E-state index contributed by atoms with van der Waals surface area (Å²) in [4.78, 5) is 18.5. The number of pyridine rings is 1. The van der Waals surface area contributed by atoms with Crippen LogP contribution in [0.3, 0.4) is 0 Å². The maximum absolute atomic E-state index is 4.75. The minimum atomic E-state index is 0.695. The first-order valence-electron chi connectivity index (χ1n) is 9.59. The van der Waals surface area contributed by atoms with Crippen LogP contribution in [0.15, 0.2) is 36.9 Å². The number of aryl methyl sites for hydroxylation is 1. The van der Waals surface area contributed by atoms with Crippen LogP contribution >= 0.6 is 0 Å². The van der Waals surface area contributed by atoms with Crippen LogP contribution in [0.5, 0.6) is 0 Å². The van der Waals surface area contributed by atoms with E-state index in [4.69, 9.17) is 4.98 Å². The van der Waals surface area contributed by atoms with E-state index < -0.39 is 0 Å². The molecular formula is C20H24N6. The lowest BCUT2D eigenvalue weighted by atomic mass is 10.2. The average Bonchev–Trinajstić information content (AvgIpc) is 3.47. The number of hydrogen-bond donors (Lipinski definition) is 0. The molecule has 1 aliphatic heterocycles. The average molecular weight is 348 g/mol. The van der Waals surface area contributed by atoms with Gasteiger partial charge in [0.15, 0.2) is 0 Å². The Hall–Kier alpha value is -2.63. The fraction of sp³-hybridized carbons (Fsp3) is 0.450. The second-order valence-electron chi connectivity index (χ2n) is 7.31. The van der Waals surface area contributed by atoms with E-state index in [-0.39, 0.29) is 0 Å². The van der Waals surface area contributed by atoms with Crippen LogP contribution in [-0.4, -0.2) is 45.5 Å². The molecule has 134 valence electrons. The van der Waals surface area contributed by atoms with Crippen molar-refractivity contribution in [3.8, 4) is 0 Å². The zero-order valence-corrected chi connectivity index (χ0v) is 15.2. The zero-order chi connectivity index (χ0) is 17.5. The van der Waals surface area contributed by atoms with E-state index in [1.54, 1.807) is 0 Å². The maximum Gasteiger partial charge on any atom is 0.225 e. The Morgan fingerprint density at radius 2 is 1.69 bits per heavy atom. The highest BCUT2D eigenvalue weighted by molar-refractivity contribution is 5.54. The van der Waals surface area contributed by atoms with E-state index in [1.807, 2.05) is 12.4 Å².